The smallest absolute Gasteiger partial charge is 0.387 e. The average Bonchev–Trinajstić information content (AvgIpc) is 3.19. The number of carboxylic acids is 1. The first-order valence-corrected chi connectivity index (χ1v) is 10.3. The highest BCUT2D eigenvalue weighted by molar-refractivity contribution is 7.12. The number of carbonyl (C=O) groups is 3. The molecular formula is C22H14F3NO6S. The van der Waals surface area contributed by atoms with Crippen LogP contribution in [0.1, 0.15) is 31.2 Å². The maximum Gasteiger partial charge on any atom is 0.387 e. The number of carboxylic acid groups (broad SMARTS) is 1. The van der Waals surface area contributed by atoms with Crippen LogP contribution in [0.3, 0.4) is 0 Å². The Balaban J connectivity index is 1.62. The molecular weight excluding hydrogens is 463 g/mol. The minimum atomic E-state index is -3.03. The van der Waals surface area contributed by atoms with Gasteiger partial charge >= 0.3 is 12.6 Å². The number of thiophene rings is 1. The van der Waals surface area contributed by atoms with E-state index in [4.69, 9.17) is 4.74 Å². The van der Waals surface area contributed by atoms with E-state index in [0.717, 1.165) is 23.5 Å². The van der Waals surface area contributed by atoms with Gasteiger partial charge in [-0.3, -0.25) is 9.59 Å². The summed E-state index contributed by atoms with van der Waals surface area (Å²) in [4.78, 5) is 37.3. The second-order valence-corrected chi connectivity index (χ2v) is 7.75. The Labute approximate surface area is 188 Å². The van der Waals surface area contributed by atoms with E-state index in [1.807, 2.05) is 0 Å². The first kappa shape index (κ1) is 22.3. The highest BCUT2D eigenvalue weighted by atomic mass is 32.1. The molecule has 0 saturated heterocycles. The molecule has 170 valence electrons. The normalized spacial score (nSPS) is 13.3. The number of para-hydroxylation sites is 1. The first-order chi connectivity index (χ1) is 15.8. The Bertz CT molecular complexity index is 1260. The van der Waals surface area contributed by atoms with Gasteiger partial charge in [-0.2, -0.15) is 8.78 Å². The van der Waals surface area contributed by atoms with Crippen molar-refractivity contribution in [2.45, 2.75) is 19.6 Å². The summed E-state index contributed by atoms with van der Waals surface area (Å²) in [5.74, 6) is -3.95. The molecule has 1 aliphatic heterocycles. The molecule has 2 amide bonds. The van der Waals surface area contributed by atoms with Gasteiger partial charge in [0.15, 0.2) is 0 Å². The second-order valence-electron chi connectivity index (χ2n) is 6.87. The molecule has 11 heteroatoms. The summed E-state index contributed by atoms with van der Waals surface area (Å²) >= 11 is 0.812. The zero-order valence-electron chi connectivity index (χ0n) is 16.6. The van der Waals surface area contributed by atoms with Gasteiger partial charge in [0.05, 0.1) is 17.7 Å². The quantitative estimate of drug-likeness (QED) is 0.504. The summed E-state index contributed by atoms with van der Waals surface area (Å²) in [7, 11) is 0. The highest BCUT2D eigenvalue weighted by Gasteiger charge is 2.38. The number of benzene rings is 2. The summed E-state index contributed by atoms with van der Waals surface area (Å²) in [5.41, 5.74) is -0.00128. The number of imide groups is 1. The molecule has 0 atom stereocenters. The van der Waals surface area contributed by atoms with Crippen molar-refractivity contribution in [3.8, 4) is 11.5 Å². The van der Waals surface area contributed by atoms with E-state index < -0.39 is 35.9 Å². The minimum absolute atomic E-state index is 0.0495. The molecule has 1 N–H and O–H groups in total. The van der Waals surface area contributed by atoms with Gasteiger partial charge in [0.2, 0.25) is 5.91 Å². The van der Waals surface area contributed by atoms with E-state index in [1.165, 1.54) is 29.6 Å². The fourth-order valence-electron chi connectivity index (χ4n) is 3.38. The minimum Gasteiger partial charge on any atom is -0.489 e. The lowest BCUT2D eigenvalue weighted by atomic mass is 10.0. The molecule has 2 heterocycles. The maximum absolute atomic E-state index is 14.6. The predicted octanol–water partition coefficient (Wildman–Crippen LogP) is 4.50. The lowest BCUT2D eigenvalue weighted by Crippen LogP contribution is -2.43. The molecule has 0 unspecified atom stereocenters. The van der Waals surface area contributed by atoms with Crippen LogP contribution in [-0.2, 0) is 17.8 Å². The van der Waals surface area contributed by atoms with Gasteiger partial charge in [0.25, 0.3) is 5.91 Å². The van der Waals surface area contributed by atoms with Gasteiger partial charge in [-0.05, 0) is 29.1 Å². The zero-order chi connectivity index (χ0) is 23.7. The first-order valence-electron chi connectivity index (χ1n) is 9.42. The summed E-state index contributed by atoms with van der Waals surface area (Å²) in [6, 6.07) is 9.28. The number of rotatable bonds is 7. The van der Waals surface area contributed by atoms with Crippen LogP contribution in [0, 0.1) is 5.82 Å². The van der Waals surface area contributed by atoms with Crippen molar-refractivity contribution in [1.29, 1.82) is 0 Å². The van der Waals surface area contributed by atoms with Crippen LogP contribution < -0.4 is 14.4 Å². The van der Waals surface area contributed by atoms with E-state index in [2.05, 4.69) is 4.74 Å². The Morgan fingerprint density at radius 1 is 1.18 bits per heavy atom. The molecule has 1 aromatic heterocycles. The number of alkyl halides is 2. The fourth-order valence-corrected chi connectivity index (χ4v) is 4.27. The van der Waals surface area contributed by atoms with Crippen molar-refractivity contribution >= 4 is 34.8 Å². The van der Waals surface area contributed by atoms with E-state index >= 15 is 0 Å². The van der Waals surface area contributed by atoms with E-state index in [0.29, 0.717) is 10.5 Å². The molecule has 3 aromatic rings. The number of halogens is 3. The monoisotopic (exact) mass is 477 g/mol. The highest BCUT2D eigenvalue weighted by Crippen LogP contribution is 2.34. The van der Waals surface area contributed by atoms with Crippen LogP contribution in [0.4, 0.5) is 18.9 Å². The van der Waals surface area contributed by atoms with Crippen LogP contribution in [0.5, 0.6) is 11.5 Å². The summed E-state index contributed by atoms with van der Waals surface area (Å²) < 4.78 is 49.8. The standard InChI is InChI=1S/C22H14F3NO6S/c23-14-6-5-13(31-9-11-3-1-2-4-16(11)32-22(24)25)8-15(14)26-17(27)7-12-10-33-19(21(29)30)18(12)20(26)28/h1-6,8,10,22H,7,9H2,(H,29,30). The van der Waals surface area contributed by atoms with Crippen molar-refractivity contribution in [3.63, 3.8) is 0 Å². The van der Waals surface area contributed by atoms with Gasteiger partial charge in [-0.15, -0.1) is 11.3 Å². The molecule has 4 rings (SSSR count). The van der Waals surface area contributed by atoms with Gasteiger partial charge in [-0.25, -0.2) is 14.1 Å². The number of hydrogen-bond acceptors (Lipinski definition) is 6. The largest absolute Gasteiger partial charge is 0.489 e. The molecule has 0 fully saturated rings. The van der Waals surface area contributed by atoms with Crippen LogP contribution in [-0.4, -0.2) is 29.5 Å². The van der Waals surface area contributed by atoms with Crippen molar-refractivity contribution < 1.29 is 42.1 Å². The Hall–Kier alpha value is -3.86. The summed E-state index contributed by atoms with van der Waals surface area (Å²) in [6.45, 7) is -3.24. The van der Waals surface area contributed by atoms with E-state index in [9.17, 15) is 32.7 Å². The molecule has 7 nitrogen and oxygen atoms in total. The second kappa shape index (κ2) is 8.94. The Morgan fingerprint density at radius 3 is 2.67 bits per heavy atom. The third kappa shape index (κ3) is 4.40. The number of carbonyl (C=O) groups excluding carboxylic acids is 2. The van der Waals surface area contributed by atoms with E-state index in [-0.39, 0.29) is 40.5 Å². The van der Waals surface area contributed by atoms with Crippen molar-refractivity contribution in [2.24, 2.45) is 0 Å². The Kier molecular flexibility index (Phi) is 6.05. The molecule has 0 aliphatic carbocycles. The van der Waals surface area contributed by atoms with E-state index in [1.54, 1.807) is 6.07 Å². The number of amides is 2. The predicted molar refractivity (Wildman–Crippen MR) is 111 cm³/mol. The van der Waals surface area contributed by atoms with Crippen molar-refractivity contribution in [3.05, 3.63) is 75.2 Å². The summed E-state index contributed by atoms with van der Waals surface area (Å²) in [6.07, 6.45) is -0.270. The lowest BCUT2D eigenvalue weighted by Gasteiger charge is -2.26. The molecule has 0 bridgehead atoms. The molecule has 0 spiro atoms. The Morgan fingerprint density at radius 2 is 1.94 bits per heavy atom. The van der Waals surface area contributed by atoms with Crippen LogP contribution in [0.15, 0.2) is 47.8 Å². The van der Waals surface area contributed by atoms with Crippen molar-refractivity contribution in [1.82, 2.24) is 0 Å². The molecule has 0 saturated carbocycles. The number of fused-ring (bicyclic) bond motifs is 1. The number of nitrogens with zero attached hydrogens (tertiary/aromatic N) is 1. The SMILES string of the molecule is O=C(O)c1scc2c1C(=O)N(c1cc(OCc3ccccc3OC(F)F)ccc1F)C(=O)C2. The van der Waals surface area contributed by atoms with Crippen LogP contribution in [0.25, 0.3) is 0 Å². The van der Waals surface area contributed by atoms with Crippen LogP contribution in [0.2, 0.25) is 0 Å². The van der Waals surface area contributed by atoms with Crippen molar-refractivity contribution in [2.75, 3.05) is 4.90 Å². The average molecular weight is 477 g/mol. The van der Waals surface area contributed by atoms with Gasteiger partial charge in [0.1, 0.15) is 28.8 Å². The third-order valence-electron chi connectivity index (χ3n) is 4.81. The van der Waals surface area contributed by atoms with Gasteiger partial charge in [0, 0.05) is 11.6 Å². The molecule has 1 aliphatic rings. The van der Waals surface area contributed by atoms with Gasteiger partial charge < -0.3 is 14.6 Å². The summed E-state index contributed by atoms with van der Waals surface area (Å²) in [5, 5.41) is 10.7. The molecule has 33 heavy (non-hydrogen) atoms. The number of anilines is 1. The number of hydrogen-bond donors (Lipinski definition) is 1. The lowest BCUT2D eigenvalue weighted by molar-refractivity contribution is -0.117. The zero-order valence-corrected chi connectivity index (χ0v) is 17.4. The number of aromatic carboxylic acids is 1. The topological polar surface area (TPSA) is 93.1 Å². The van der Waals surface area contributed by atoms with Gasteiger partial charge in [-0.1, -0.05) is 18.2 Å². The third-order valence-corrected chi connectivity index (χ3v) is 5.83. The molecule has 2 aromatic carbocycles. The molecule has 0 radical (unpaired) electrons. The number of ether oxygens (including phenoxy) is 2. The fraction of sp³-hybridized carbons (Fsp3) is 0.136. The maximum atomic E-state index is 14.6. The van der Waals surface area contributed by atoms with Crippen LogP contribution >= 0.6 is 11.3 Å².